The Balaban J connectivity index is 2.68. The Morgan fingerprint density at radius 2 is 2.11 bits per heavy atom. The first-order chi connectivity index (χ1) is 8.99. The van der Waals surface area contributed by atoms with Crippen LogP contribution in [0.5, 0.6) is 0 Å². The lowest BCUT2D eigenvalue weighted by Gasteiger charge is -2.22. The molecular weight excluding hydrogens is 318 g/mol. The number of ether oxygens (including phenoxy) is 3. The van der Waals surface area contributed by atoms with Crippen molar-refractivity contribution in [1.82, 2.24) is 4.90 Å². The molecule has 0 aliphatic carbocycles. The van der Waals surface area contributed by atoms with E-state index in [1.807, 2.05) is 0 Å². The number of esters is 1. The molecule has 0 N–H and O–H groups in total. The minimum Gasteiger partial charge on any atom is -0.467 e. The number of hydrogen-bond donors (Lipinski definition) is 0. The highest BCUT2D eigenvalue weighted by Crippen LogP contribution is 2.23. The van der Waals surface area contributed by atoms with Gasteiger partial charge in [0.15, 0.2) is 0 Å². The molecule has 19 heavy (non-hydrogen) atoms. The fourth-order valence-electron chi connectivity index (χ4n) is 1.96. The summed E-state index contributed by atoms with van der Waals surface area (Å²) in [4.78, 5) is 25.0. The number of alkyl halides is 1. The quantitative estimate of drug-likeness (QED) is 0.562. The molecule has 0 aromatic heterocycles. The smallest absolute Gasteiger partial charge is 0.410 e. The molecule has 110 valence electrons. The lowest BCUT2D eigenvalue weighted by Crippen LogP contribution is -2.42. The van der Waals surface area contributed by atoms with Crippen LogP contribution in [0.3, 0.4) is 0 Å². The lowest BCUT2D eigenvalue weighted by atomic mass is 10.2. The van der Waals surface area contributed by atoms with Crippen molar-refractivity contribution in [2.45, 2.75) is 38.5 Å². The van der Waals surface area contributed by atoms with Crippen molar-refractivity contribution in [3.05, 3.63) is 0 Å². The van der Waals surface area contributed by atoms with Gasteiger partial charge in [0.1, 0.15) is 6.04 Å². The van der Waals surface area contributed by atoms with Crippen LogP contribution >= 0.6 is 15.9 Å². The molecule has 0 spiro atoms. The third-order valence-corrected chi connectivity index (χ3v) is 3.06. The number of amides is 1. The third-order valence-electron chi connectivity index (χ3n) is 2.74. The molecule has 0 radical (unpaired) electrons. The van der Waals surface area contributed by atoms with Crippen LogP contribution in [0, 0.1) is 0 Å². The van der Waals surface area contributed by atoms with Crippen molar-refractivity contribution in [1.29, 1.82) is 0 Å². The molecule has 1 aliphatic heterocycles. The van der Waals surface area contributed by atoms with Gasteiger partial charge in [0.25, 0.3) is 0 Å². The predicted octanol–water partition coefficient (Wildman–Crippen LogP) is 1.56. The minimum atomic E-state index is -0.628. The van der Waals surface area contributed by atoms with E-state index in [0.29, 0.717) is 24.9 Å². The number of rotatable bonds is 5. The monoisotopic (exact) mass is 337 g/mol. The minimum absolute atomic E-state index is 0.165. The van der Waals surface area contributed by atoms with Crippen LogP contribution in [0.25, 0.3) is 0 Å². The van der Waals surface area contributed by atoms with Gasteiger partial charge in [-0.3, -0.25) is 4.90 Å². The number of nitrogens with zero attached hydrogens (tertiary/aromatic N) is 1. The van der Waals surface area contributed by atoms with Gasteiger partial charge >= 0.3 is 12.1 Å². The molecule has 0 bridgehead atoms. The van der Waals surface area contributed by atoms with Gasteiger partial charge < -0.3 is 14.2 Å². The van der Waals surface area contributed by atoms with E-state index < -0.39 is 18.1 Å². The van der Waals surface area contributed by atoms with Gasteiger partial charge in [0, 0.05) is 11.8 Å². The number of halogens is 1. The Hall–Kier alpha value is -0.820. The van der Waals surface area contributed by atoms with E-state index in [9.17, 15) is 9.59 Å². The van der Waals surface area contributed by atoms with Crippen LogP contribution in [0.1, 0.15) is 20.3 Å². The average Bonchev–Trinajstić information content (AvgIpc) is 2.78. The summed E-state index contributed by atoms with van der Waals surface area (Å²) in [6.07, 6.45) is -0.461. The molecular formula is C12H20BrNO5. The van der Waals surface area contributed by atoms with E-state index in [4.69, 9.17) is 14.2 Å². The normalized spacial score (nSPS) is 22.7. The zero-order valence-corrected chi connectivity index (χ0v) is 13.0. The van der Waals surface area contributed by atoms with Gasteiger partial charge in [0.2, 0.25) is 0 Å². The highest BCUT2D eigenvalue weighted by molar-refractivity contribution is 9.09. The number of hydrogen-bond acceptors (Lipinski definition) is 5. The van der Waals surface area contributed by atoms with Crippen LogP contribution in [0.2, 0.25) is 0 Å². The topological polar surface area (TPSA) is 65.1 Å². The van der Waals surface area contributed by atoms with E-state index in [2.05, 4.69) is 15.9 Å². The largest absolute Gasteiger partial charge is 0.467 e. The Bertz CT molecular complexity index is 323. The van der Waals surface area contributed by atoms with Crippen molar-refractivity contribution in [2.24, 2.45) is 0 Å². The van der Waals surface area contributed by atoms with Crippen molar-refractivity contribution in [3.8, 4) is 0 Å². The fraction of sp³-hybridized carbons (Fsp3) is 0.833. The number of carbonyl (C=O) groups is 2. The number of carbonyl (C=O) groups excluding carboxylic acids is 2. The van der Waals surface area contributed by atoms with E-state index >= 15 is 0 Å². The molecule has 1 aliphatic rings. The molecule has 2 atom stereocenters. The summed E-state index contributed by atoms with van der Waals surface area (Å²) in [5.41, 5.74) is 0. The summed E-state index contributed by atoms with van der Waals surface area (Å²) in [5.74, 6) is -0.439. The van der Waals surface area contributed by atoms with Crippen LogP contribution in [-0.4, -0.2) is 60.8 Å². The highest BCUT2D eigenvalue weighted by atomic mass is 79.9. The lowest BCUT2D eigenvalue weighted by molar-refractivity contribution is -0.145. The van der Waals surface area contributed by atoms with E-state index in [-0.39, 0.29) is 12.2 Å². The first-order valence-electron chi connectivity index (χ1n) is 6.22. The molecule has 1 fully saturated rings. The second kappa shape index (κ2) is 7.69. The third kappa shape index (κ3) is 4.65. The maximum atomic E-state index is 11.9. The van der Waals surface area contributed by atoms with Gasteiger partial charge in [-0.15, -0.1) is 0 Å². The van der Waals surface area contributed by atoms with Crippen LogP contribution in [-0.2, 0) is 19.0 Å². The molecule has 1 saturated heterocycles. The Labute approximate surface area is 121 Å². The second-order valence-electron chi connectivity index (χ2n) is 4.54. The zero-order valence-electron chi connectivity index (χ0n) is 11.4. The van der Waals surface area contributed by atoms with E-state index in [0.717, 1.165) is 0 Å². The van der Waals surface area contributed by atoms with Crippen LogP contribution < -0.4 is 0 Å². The molecule has 1 rings (SSSR count). The van der Waals surface area contributed by atoms with Gasteiger partial charge in [-0.1, -0.05) is 15.9 Å². The first kappa shape index (κ1) is 16.2. The summed E-state index contributed by atoms with van der Waals surface area (Å²) >= 11 is 3.27. The molecule has 6 nitrogen and oxygen atoms in total. The zero-order chi connectivity index (χ0) is 14.4. The first-order valence-corrected chi connectivity index (χ1v) is 7.34. The molecule has 0 aromatic rings. The Kier molecular flexibility index (Phi) is 6.57. The van der Waals surface area contributed by atoms with Crippen molar-refractivity contribution >= 4 is 28.0 Å². The maximum Gasteiger partial charge on any atom is 0.410 e. The average molecular weight is 338 g/mol. The SMILES string of the molecule is COC(=O)C1CC(OCCBr)CN1C(=O)OC(C)C. The van der Waals surface area contributed by atoms with E-state index in [1.54, 1.807) is 13.8 Å². The summed E-state index contributed by atoms with van der Waals surface area (Å²) in [7, 11) is 1.31. The maximum absolute atomic E-state index is 11.9. The van der Waals surface area contributed by atoms with Gasteiger partial charge in [-0.25, -0.2) is 9.59 Å². The molecule has 7 heteroatoms. The molecule has 1 heterocycles. The van der Waals surface area contributed by atoms with Crippen molar-refractivity contribution in [3.63, 3.8) is 0 Å². The molecule has 0 aromatic carbocycles. The van der Waals surface area contributed by atoms with Gasteiger partial charge in [-0.05, 0) is 13.8 Å². The summed E-state index contributed by atoms with van der Waals surface area (Å²) in [6.45, 7) is 4.41. The molecule has 0 saturated carbocycles. The number of likely N-dealkylation sites (tertiary alicyclic amines) is 1. The standard InChI is InChI=1S/C12H20BrNO5/c1-8(2)19-12(16)14-7-9(18-5-4-13)6-10(14)11(15)17-3/h8-10H,4-7H2,1-3H3. The summed E-state index contributed by atoms with van der Waals surface area (Å²) in [5, 5.41) is 0.711. The van der Waals surface area contributed by atoms with Gasteiger partial charge in [-0.2, -0.15) is 0 Å². The van der Waals surface area contributed by atoms with E-state index in [1.165, 1.54) is 12.0 Å². The van der Waals surface area contributed by atoms with Crippen molar-refractivity contribution in [2.75, 3.05) is 25.6 Å². The number of methoxy groups -OCH3 is 1. The molecule has 2 unspecified atom stereocenters. The van der Waals surface area contributed by atoms with Gasteiger partial charge in [0.05, 0.1) is 32.5 Å². The Morgan fingerprint density at radius 3 is 2.63 bits per heavy atom. The predicted molar refractivity (Wildman–Crippen MR) is 72.3 cm³/mol. The van der Waals surface area contributed by atoms with Crippen LogP contribution in [0.4, 0.5) is 4.79 Å². The second-order valence-corrected chi connectivity index (χ2v) is 5.33. The Morgan fingerprint density at radius 1 is 1.42 bits per heavy atom. The van der Waals surface area contributed by atoms with Crippen LogP contribution in [0.15, 0.2) is 0 Å². The fourth-order valence-corrected chi connectivity index (χ4v) is 2.15. The molecule has 1 amide bonds. The summed E-state index contributed by atoms with van der Waals surface area (Å²) in [6, 6.07) is -0.628. The summed E-state index contributed by atoms with van der Waals surface area (Å²) < 4.78 is 15.4. The van der Waals surface area contributed by atoms with Crippen molar-refractivity contribution < 1.29 is 23.8 Å². The highest BCUT2D eigenvalue weighted by Gasteiger charge is 2.41.